The fourth-order valence-corrected chi connectivity index (χ4v) is 4.38. The average molecular weight is 460 g/mol. The fraction of sp³-hybridized carbons (Fsp3) is 0.480. The van der Waals surface area contributed by atoms with E-state index >= 15 is 0 Å². The topological polar surface area (TPSA) is 44.8 Å². The highest BCUT2D eigenvalue weighted by Crippen LogP contribution is 2.26. The van der Waals surface area contributed by atoms with Crippen molar-refractivity contribution >= 4 is 17.5 Å². The van der Waals surface area contributed by atoms with Crippen LogP contribution in [0.4, 0.5) is 4.39 Å². The van der Waals surface area contributed by atoms with Gasteiger partial charge in [0.25, 0.3) is 5.91 Å². The first-order valence-corrected chi connectivity index (χ1v) is 11.7. The molecule has 0 unspecified atom stereocenters. The Morgan fingerprint density at radius 1 is 1.12 bits per heavy atom. The molecule has 1 N–H and O–H groups in total. The van der Waals surface area contributed by atoms with E-state index in [0.717, 1.165) is 24.2 Å². The molecule has 2 fully saturated rings. The summed E-state index contributed by atoms with van der Waals surface area (Å²) in [6.45, 7) is 7.03. The second-order valence-electron chi connectivity index (χ2n) is 9.00. The summed E-state index contributed by atoms with van der Waals surface area (Å²) >= 11 is 6.17. The Hall–Kier alpha value is -2.15. The number of piperazine rings is 1. The maximum atomic E-state index is 13.2. The van der Waals surface area contributed by atoms with E-state index < -0.39 is 0 Å². The van der Waals surface area contributed by atoms with Crippen LogP contribution in [0, 0.1) is 5.82 Å². The zero-order valence-corrected chi connectivity index (χ0v) is 19.4. The molecule has 172 valence electrons. The van der Waals surface area contributed by atoms with E-state index in [9.17, 15) is 9.18 Å². The molecule has 2 aromatic carbocycles. The Morgan fingerprint density at radius 3 is 2.59 bits per heavy atom. The number of rotatable bonds is 8. The van der Waals surface area contributed by atoms with Gasteiger partial charge in [0.15, 0.2) is 6.61 Å². The van der Waals surface area contributed by atoms with Crippen molar-refractivity contribution in [1.29, 1.82) is 0 Å². The van der Waals surface area contributed by atoms with Gasteiger partial charge in [0.05, 0.1) is 0 Å². The first kappa shape index (κ1) is 23.0. The highest BCUT2D eigenvalue weighted by atomic mass is 35.5. The van der Waals surface area contributed by atoms with Crippen molar-refractivity contribution in [1.82, 2.24) is 15.1 Å². The number of carbonyl (C=O) groups is 1. The van der Waals surface area contributed by atoms with Crippen molar-refractivity contribution in [2.24, 2.45) is 0 Å². The molecular weight excluding hydrogens is 429 g/mol. The lowest BCUT2D eigenvalue weighted by molar-refractivity contribution is -0.139. The lowest BCUT2D eigenvalue weighted by Crippen LogP contribution is -2.58. The van der Waals surface area contributed by atoms with Crippen molar-refractivity contribution in [2.45, 2.75) is 57.9 Å². The van der Waals surface area contributed by atoms with Crippen LogP contribution in [-0.2, 0) is 17.9 Å². The minimum Gasteiger partial charge on any atom is -0.483 e. The second kappa shape index (κ2) is 10.2. The van der Waals surface area contributed by atoms with Crippen LogP contribution in [0.2, 0.25) is 5.02 Å². The summed E-state index contributed by atoms with van der Waals surface area (Å²) in [5.74, 6) is 0.464. The van der Waals surface area contributed by atoms with E-state index in [4.69, 9.17) is 16.3 Å². The maximum absolute atomic E-state index is 13.2. The number of hydrogen-bond donors (Lipinski definition) is 1. The standard InChI is InChI=1S/C25H31ClFN3O2/c1-17-14-30(18(2)13-29(17)15-19-3-6-22(27)7-4-19)25(31)16-32-24-10-5-21(26)11-20(24)12-28-23-8-9-23/h3-7,10-11,17-18,23,28H,8-9,12-16H2,1-2H3/t17-,18+/m0/s1. The smallest absolute Gasteiger partial charge is 0.260 e. The largest absolute Gasteiger partial charge is 0.483 e. The lowest BCUT2D eigenvalue weighted by atomic mass is 10.1. The molecule has 0 radical (unpaired) electrons. The first-order chi connectivity index (χ1) is 15.4. The second-order valence-corrected chi connectivity index (χ2v) is 9.43. The van der Waals surface area contributed by atoms with E-state index in [1.54, 1.807) is 6.07 Å². The van der Waals surface area contributed by atoms with E-state index in [1.165, 1.54) is 25.0 Å². The molecule has 1 heterocycles. The Kier molecular flexibility index (Phi) is 7.33. The fourth-order valence-electron chi connectivity index (χ4n) is 4.18. The molecule has 2 aromatic rings. The van der Waals surface area contributed by atoms with Crippen LogP contribution < -0.4 is 10.1 Å². The van der Waals surface area contributed by atoms with Crippen molar-refractivity contribution in [3.63, 3.8) is 0 Å². The van der Waals surface area contributed by atoms with Gasteiger partial charge in [-0.15, -0.1) is 0 Å². The van der Waals surface area contributed by atoms with Crippen molar-refractivity contribution in [3.05, 3.63) is 64.4 Å². The number of amides is 1. The van der Waals surface area contributed by atoms with E-state index in [-0.39, 0.29) is 30.4 Å². The summed E-state index contributed by atoms with van der Waals surface area (Å²) in [5.41, 5.74) is 2.05. The van der Waals surface area contributed by atoms with Crippen molar-refractivity contribution in [3.8, 4) is 5.75 Å². The van der Waals surface area contributed by atoms with Crippen LogP contribution >= 0.6 is 11.6 Å². The van der Waals surface area contributed by atoms with Crippen molar-refractivity contribution in [2.75, 3.05) is 19.7 Å². The predicted octanol–water partition coefficient (Wildman–Crippen LogP) is 4.23. The molecular formula is C25H31ClFN3O2. The molecule has 1 saturated heterocycles. The summed E-state index contributed by atoms with van der Waals surface area (Å²) in [5, 5.41) is 4.13. The third kappa shape index (κ3) is 6.00. The highest BCUT2D eigenvalue weighted by Gasteiger charge is 2.32. The zero-order chi connectivity index (χ0) is 22.7. The van der Waals surface area contributed by atoms with Gasteiger partial charge in [-0.1, -0.05) is 23.7 Å². The van der Waals surface area contributed by atoms with Gasteiger partial charge in [-0.25, -0.2) is 4.39 Å². The summed E-state index contributed by atoms with van der Waals surface area (Å²) in [6, 6.07) is 13.0. The molecule has 7 heteroatoms. The first-order valence-electron chi connectivity index (χ1n) is 11.3. The molecule has 0 spiro atoms. The van der Waals surface area contributed by atoms with Crippen LogP contribution in [0.15, 0.2) is 42.5 Å². The Morgan fingerprint density at radius 2 is 1.88 bits per heavy atom. The van der Waals surface area contributed by atoms with Gasteiger partial charge in [-0.2, -0.15) is 0 Å². The minimum atomic E-state index is -0.224. The van der Waals surface area contributed by atoms with Gasteiger partial charge in [0.1, 0.15) is 11.6 Å². The number of hydrogen-bond acceptors (Lipinski definition) is 4. The summed E-state index contributed by atoms with van der Waals surface area (Å²) in [4.78, 5) is 17.2. The Balaban J connectivity index is 1.32. The molecule has 2 atom stereocenters. The van der Waals surface area contributed by atoms with Gasteiger partial charge in [-0.3, -0.25) is 9.69 Å². The molecule has 32 heavy (non-hydrogen) atoms. The van der Waals surface area contributed by atoms with Crippen molar-refractivity contribution < 1.29 is 13.9 Å². The van der Waals surface area contributed by atoms with Crippen LogP contribution in [0.5, 0.6) is 5.75 Å². The summed E-state index contributed by atoms with van der Waals surface area (Å²) in [7, 11) is 0. The van der Waals surface area contributed by atoms with E-state index in [1.807, 2.05) is 29.2 Å². The number of benzene rings is 2. The monoisotopic (exact) mass is 459 g/mol. The quantitative estimate of drug-likeness (QED) is 0.641. The van der Waals surface area contributed by atoms with Crippen LogP contribution in [0.25, 0.3) is 0 Å². The van der Waals surface area contributed by atoms with Crippen LogP contribution in [-0.4, -0.2) is 53.5 Å². The highest BCUT2D eigenvalue weighted by molar-refractivity contribution is 6.30. The predicted molar refractivity (Wildman–Crippen MR) is 124 cm³/mol. The van der Waals surface area contributed by atoms with E-state index in [0.29, 0.717) is 29.9 Å². The normalized spacial score (nSPS) is 21.6. The molecule has 1 saturated carbocycles. The van der Waals surface area contributed by atoms with Crippen LogP contribution in [0.1, 0.15) is 37.8 Å². The Bertz CT molecular complexity index is 935. The molecule has 0 aromatic heterocycles. The van der Waals surface area contributed by atoms with Gasteiger partial charge >= 0.3 is 0 Å². The maximum Gasteiger partial charge on any atom is 0.260 e. The average Bonchev–Trinajstić information content (AvgIpc) is 3.60. The number of nitrogens with zero attached hydrogens (tertiary/aromatic N) is 2. The number of halogens is 2. The van der Waals surface area contributed by atoms with Crippen LogP contribution in [0.3, 0.4) is 0 Å². The summed E-state index contributed by atoms with van der Waals surface area (Å²) in [6.07, 6.45) is 2.41. The van der Waals surface area contributed by atoms with E-state index in [2.05, 4.69) is 24.1 Å². The lowest BCUT2D eigenvalue weighted by Gasteiger charge is -2.44. The number of carbonyl (C=O) groups excluding carboxylic acids is 1. The zero-order valence-electron chi connectivity index (χ0n) is 18.7. The Labute approximate surface area is 194 Å². The third-order valence-corrected chi connectivity index (χ3v) is 6.50. The van der Waals surface area contributed by atoms with Gasteiger partial charge in [-0.05, 0) is 62.6 Å². The molecule has 4 rings (SSSR count). The molecule has 1 amide bonds. The molecule has 2 aliphatic rings. The summed E-state index contributed by atoms with van der Waals surface area (Å²) < 4.78 is 19.1. The number of nitrogens with one attached hydrogen (secondary N) is 1. The SMILES string of the molecule is C[C@@H]1CN(Cc2ccc(F)cc2)[C@@H](C)CN1C(=O)COc1ccc(Cl)cc1CNC1CC1. The number of ether oxygens (including phenoxy) is 1. The molecule has 0 bridgehead atoms. The van der Waals surface area contributed by atoms with Gasteiger partial charge in [0, 0.05) is 54.9 Å². The molecule has 1 aliphatic heterocycles. The van der Waals surface area contributed by atoms with Gasteiger partial charge < -0.3 is 15.0 Å². The molecule has 1 aliphatic carbocycles. The molecule has 5 nitrogen and oxygen atoms in total. The third-order valence-electron chi connectivity index (χ3n) is 6.27. The van der Waals surface area contributed by atoms with Gasteiger partial charge in [0.2, 0.25) is 0 Å². The minimum absolute atomic E-state index is 0.00703.